The van der Waals surface area contributed by atoms with Crippen molar-refractivity contribution in [1.82, 2.24) is 5.43 Å². The van der Waals surface area contributed by atoms with Gasteiger partial charge in [-0.25, -0.2) is 5.43 Å². The molecule has 5 rings (SSSR count). The summed E-state index contributed by atoms with van der Waals surface area (Å²) >= 11 is 0. The summed E-state index contributed by atoms with van der Waals surface area (Å²) in [5, 5.41) is 9.12. The van der Waals surface area contributed by atoms with E-state index in [1.165, 1.54) is 21.9 Å². The smallest absolute Gasteiger partial charge is 0.277 e. The first-order chi connectivity index (χ1) is 14.7. The Bertz CT molecular complexity index is 1310. The molecule has 0 aromatic heterocycles. The number of benzene rings is 4. The Morgan fingerprint density at radius 3 is 2.60 bits per heavy atom. The van der Waals surface area contributed by atoms with Crippen LogP contribution in [0.1, 0.15) is 23.6 Å². The van der Waals surface area contributed by atoms with E-state index in [9.17, 15) is 4.79 Å². The molecule has 4 heteroatoms. The number of ether oxygens (including phenoxy) is 1. The molecule has 0 radical (unpaired) electrons. The Balaban J connectivity index is 1.26. The second kappa shape index (κ2) is 7.64. The molecule has 30 heavy (non-hydrogen) atoms. The third-order valence-electron chi connectivity index (χ3n) is 5.67. The summed E-state index contributed by atoms with van der Waals surface area (Å²) in [6.45, 7) is 1.83. The van der Waals surface area contributed by atoms with Crippen LogP contribution in [0.2, 0.25) is 0 Å². The first-order valence-corrected chi connectivity index (χ1v) is 10.2. The van der Waals surface area contributed by atoms with Crippen molar-refractivity contribution in [2.24, 2.45) is 5.10 Å². The molecule has 0 fully saturated rings. The second-order valence-corrected chi connectivity index (χ2v) is 7.68. The Morgan fingerprint density at radius 2 is 1.70 bits per heavy atom. The Kier molecular flexibility index (Phi) is 4.68. The molecule has 0 bridgehead atoms. The molecule has 1 N–H and O–H groups in total. The molecule has 0 spiro atoms. The minimum absolute atomic E-state index is 0.0819. The van der Waals surface area contributed by atoms with E-state index in [0.717, 1.165) is 34.9 Å². The van der Waals surface area contributed by atoms with E-state index in [2.05, 4.69) is 40.9 Å². The van der Waals surface area contributed by atoms with Crippen LogP contribution >= 0.6 is 0 Å². The van der Waals surface area contributed by atoms with Crippen LogP contribution in [0.15, 0.2) is 77.9 Å². The lowest BCUT2D eigenvalue weighted by molar-refractivity contribution is -0.123. The molecule has 0 heterocycles. The zero-order valence-electron chi connectivity index (χ0n) is 16.8. The van der Waals surface area contributed by atoms with Crippen LogP contribution in [-0.2, 0) is 17.6 Å². The van der Waals surface area contributed by atoms with Crippen molar-refractivity contribution < 1.29 is 9.53 Å². The number of hydrogen-bond donors (Lipinski definition) is 1. The van der Waals surface area contributed by atoms with Gasteiger partial charge in [0, 0.05) is 0 Å². The van der Waals surface area contributed by atoms with E-state index in [1.54, 1.807) is 0 Å². The molecule has 1 aliphatic carbocycles. The van der Waals surface area contributed by atoms with Gasteiger partial charge in [0.1, 0.15) is 5.75 Å². The molecule has 0 saturated carbocycles. The summed E-state index contributed by atoms with van der Waals surface area (Å²) in [5.74, 6) is 0.382. The Hall–Kier alpha value is -3.66. The SMILES string of the molecule is C/C(=N/NC(=O)COc1ccc2ccccc2c1)c1cc2c3c(cccc3c1)CC2. The van der Waals surface area contributed by atoms with Crippen molar-refractivity contribution >= 4 is 33.2 Å². The summed E-state index contributed by atoms with van der Waals surface area (Å²) in [7, 11) is 0. The maximum atomic E-state index is 12.2. The zero-order valence-corrected chi connectivity index (χ0v) is 16.8. The van der Waals surface area contributed by atoms with Crippen LogP contribution in [0, 0.1) is 0 Å². The van der Waals surface area contributed by atoms with Crippen molar-refractivity contribution in [2.75, 3.05) is 6.61 Å². The number of hydrazone groups is 1. The molecule has 4 aromatic carbocycles. The number of rotatable bonds is 5. The molecular weight excluding hydrogens is 372 g/mol. The largest absolute Gasteiger partial charge is 0.484 e. The van der Waals surface area contributed by atoms with Crippen LogP contribution in [-0.4, -0.2) is 18.2 Å². The average molecular weight is 394 g/mol. The molecule has 1 amide bonds. The first-order valence-electron chi connectivity index (χ1n) is 10.2. The van der Waals surface area contributed by atoms with E-state index in [-0.39, 0.29) is 12.5 Å². The van der Waals surface area contributed by atoms with E-state index in [4.69, 9.17) is 4.74 Å². The third-order valence-corrected chi connectivity index (χ3v) is 5.67. The summed E-state index contributed by atoms with van der Waals surface area (Å²) in [5.41, 5.74) is 7.21. The molecule has 0 unspecified atom stereocenters. The van der Waals surface area contributed by atoms with Crippen molar-refractivity contribution in [1.29, 1.82) is 0 Å². The highest BCUT2D eigenvalue weighted by atomic mass is 16.5. The lowest BCUT2D eigenvalue weighted by Gasteiger charge is -2.08. The summed E-state index contributed by atoms with van der Waals surface area (Å²) < 4.78 is 5.63. The highest BCUT2D eigenvalue weighted by Gasteiger charge is 2.15. The summed E-state index contributed by atoms with van der Waals surface area (Å²) in [4.78, 5) is 12.2. The van der Waals surface area contributed by atoms with Crippen LogP contribution in [0.4, 0.5) is 0 Å². The van der Waals surface area contributed by atoms with Gasteiger partial charge in [-0.2, -0.15) is 5.10 Å². The number of nitrogens with zero attached hydrogens (tertiary/aromatic N) is 1. The van der Waals surface area contributed by atoms with Gasteiger partial charge in [-0.15, -0.1) is 0 Å². The Morgan fingerprint density at radius 1 is 0.900 bits per heavy atom. The van der Waals surface area contributed by atoms with E-state index in [0.29, 0.717) is 5.75 Å². The zero-order chi connectivity index (χ0) is 20.5. The molecule has 1 aliphatic rings. The highest BCUT2D eigenvalue weighted by molar-refractivity contribution is 6.04. The van der Waals surface area contributed by atoms with Crippen molar-refractivity contribution in [3.8, 4) is 5.75 Å². The first kappa shape index (κ1) is 18.4. The van der Waals surface area contributed by atoms with Gasteiger partial charge in [0.15, 0.2) is 6.61 Å². The fraction of sp³-hybridized carbons (Fsp3) is 0.154. The maximum absolute atomic E-state index is 12.2. The monoisotopic (exact) mass is 394 g/mol. The quantitative estimate of drug-likeness (QED) is 0.382. The number of hydrogen-bond acceptors (Lipinski definition) is 3. The lowest BCUT2D eigenvalue weighted by atomic mass is 10.00. The molecule has 0 aliphatic heterocycles. The van der Waals surface area contributed by atoms with Crippen molar-refractivity contribution in [3.05, 3.63) is 89.5 Å². The second-order valence-electron chi connectivity index (χ2n) is 7.68. The van der Waals surface area contributed by atoms with E-state index < -0.39 is 0 Å². The van der Waals surface area contributed by atoms with Gasteiger partial charge in [0.25, 0.3) is 5.91 Å². The van der Waals surface area contributed by atoms with Gasteiger partial charge >= 0.3 is 0 Å². The standard InChI is InChI=1S/C26H22N2O2/c1-17(23-13-21-8-4-7-19-9-10-22(14-23)26(19)21)27-28-25(29)16-30-24-12-11-18-5-2-3-6-20(18)15-24/h2-8,11-15H,9-10,16H2,1H3,(H,28,29)/b27-17-. The number of carbonyl (C=O) groups is 1. The fourth-order valence-corrected chi connectivity index (χ4v) is 4.13. The Labute approximate surface area is 175 Å². The molecule has 4 nitrogen and oxygen atoms in total. The summed E-state index contributed by atoms with van der Waals surface area (Å²) in [6.07, 6.45) is 2.15. The average Bonchev–Trinajstić information content (AvgIpc) is 3.20. The van der Waals surface area contributed by atoms with Crippen molar-refractivity contribution in [3.63, 3.8) is 0 Å². The van der Waals surface area contributed by atoms with Crippen LogP contribution in [0.25, 0.3) is 21.5 Å². The van der Waals surface area contributed by atoms with Gasteiger partial charge in [-0.3, -0.25) is 4.79 Å². The van der Waals surface area contributed by atoms with Gasteiger partial charge < -0.3 is 4.74 Å². The lowest BCUT2D eigenvalue weighted by Crippen LogP contribution is -2.25. The van der Waals surface area contributed by atoms with Gasteiger partial charge in [0.2, 0.25) is 0 Å². The van der Waals surface area contributed by atoms with Crippen molar-refractivity contribution in [2.45, 2.75) is 19.8 Å². The molecule has 0 saturated heterocycles. The molecule has 0 atom stereocenters. The topological polar surface area (TPSA) is 50.7 Å². The predicted molar refractivity (Wildman–Crippen MR) is 121 cm³/mol. The summed E-state index contributed by atoms with van der Waals surface area (Å²) in [6, 6.07) is 24.6. The van der Waals surface area contributed by atoms with Crippen LogP contribution in [0.5, 0.6) is 5.75 Å². The van der Waals surface area contributed by atoms with Crippen LogP contribution in [0.3, 0.4) is 0 Å². The number of aryl methyl sites for hydroxylation is 2. The number of amides is 1. The minimum atomic E-state index is -0.282. The molecule has 148 valence electrons. The van der Waals surface area contributed by atoms with E-state index >= 15 is 0 Å². The van der Waals surface area contributed by atoms with Gasteiger partial charge in [-0.05, 0) is 82.3 Å². The van der Waals surface area contributed by atoms with Gasteiger partial charge in [0.05, 0.1) is 5.71 Å². The van der Waals surface area contributed by atoms with Crippen LogP contribution < -0.4 is 10.2 Å². The van der Waals surface area contributed by atoms with Gasteiger partial charge in [-0.1, -0.05) is 48.5 Å². The third kappa shape index (κ3) is 3.52. The molecule has 4 aromatic rings. The normalized spacial score (nSPS) is 13.0. The fourth-order valence-electron chi connectivity index (χ4n) is 4.13. The molecular formula is C26H22N2O2. The number of fused-ring (bicyclic) bond motifs is 1. The predicted octanol–water partition coefficient (Wildman–Crippen LogP) is 5.01. The number of nitrogens with one attached hydrogen (secondary N) is 1. The maximum Gasteiger partial charge on any atom is 0.277 e. The minimum Gasteiger partial charge on any atom is -0.484 e. The number of carbonyl (C=O) groups excluding carboxylic acids is 1. The highest BCUT2D eigenvalue weighted by Crippen LogP contribution is 2.32. The van der Waals surface area contributed by atoms with E-state index in [1.807, 2.05) is 49.4 Å².